The third-order valence-corrected chi connectivity index (χ3v) is 13.6. The molecule has 0 radical (unpaired) electrons. The molecule has 0 aromatic carbocycles. The van der Waals surface area contributed by atoms with Crippen LogP contribution in [0, 0.1) is 0 Å². The van der Waals surface area contributed by atoms with Crippen molar-refractivity contribution >= 4 is 17.7 Å². The molecular formula is C42H71N3O30. The molecule has 6 fully saturated rings. The Morgan fingerprint density at radius 2 is 0.787 bits per heavy atom. The van der Waals surface area contributed by atoms with Gasteiger partial charge in [0.2, 0.25) is 17.7 Å². The molecule has 30 atom stereocenters. The Hall–Kier alpha value is -2.67. The molecule has 0 bridgehead atoms. The van der Waals surface area contributed by atoms with E-state index in [0.717, 1.165) is 20.8 Å². The maximum absolute atomic E-state index is 12.6. The Bertz CT molecular complexity index is 1850. The molecule has 3 amide bonds. The van der Waals surface area contributed by atoms with Gasteiger partial charge in [0, 0.05) is 20.8 Å². The molecule has 1 unspecified atom stereocenters. The number of ether oxygens (including phenoxy) is 11. The number of carbonyl (C=O) groups excluding carboxylic acids is 3. The van der Waals surface area contributed by atoms with Crippen LogP contribution in [0.5, 0.6) is 0 Å². The van der Waals surface area contributed by atoms with Crippen molar-refractivity contribution in [1.82, 2.24) is 16.0 Å². The smallest absolute Gasteiger partial charge is 0.217 e. The molecule has 33 heteroatoms. The zero-order valence-corrected chi connectivity index (χ0v) is 40.7. The topological polar surface area (TPSA) is 513 Å². The van der Waals surface area contributed by atoms with Gasteiger partial charge in [-0.05, 0) is 6.92 Å². The average molecular weight is 1100 g/mol. The number of nitrogens with one attached hydrogen (secondary N) is 3. The zero-order chi connectivity index (χ0) is 55.5. The fraction of sp³-hybridized carbons (Fsp3) is 0.929. The largest absolute Gasteiger partial charge is 0.394 e. The van der Waals surface area contributed by atoms with Crippen molar-refractivity contribution < 1.29 is 148 Å². The van der Waals surface area contributed by atoms with Gasteiger partial charge in [-0.2, -0.15) is 0 Å². The highest BCUT2D eigenvalue weighted by Gasteiger charge is 2.57. The lowest BCUT2D eigenvalue weighted by Gasteiger charge is -2.49. The maximum Gasteiger partial charge on any atom is 0.217 e. The predicted octanol–water partition coefficient (Wildman–Crippen LogP) is -12.6. The highest BCUT2D eigenvalue weighted by atomic mass is 16.8. The second-order valence-electron chi connectivity index (χ2n) is 19.0. The number of carbonyl (C=O) groups is 3. The third kappa shape index (κ3) is 13.7. The summed E-state index contributed by atoms with van der Waals surface area (Å²) in [4.78, 5) is 36.9. The molecule has 6 saturated heterocycles. The van der Waals surface area contributed by atoms with Crippen molar-refractivity contribution in [2.45, 2.75) is 212 Å². The van der Waals surface area contributed by atoms with E-state index >= 15 is 0 Å². The first kappa shape index (κ1) is 61.5. The second kappa shape index (κ2) is 26.5. The number of aliphatic hydroxyl groups excluding tert-OH is 16. The van der Waals surface area contributed by atoms with Crippen LogP contribution in [0.3, 0.4) is 0 Å². The Labute approximate surface area is 426 Å². The summed E-state index contributed by atoms with van der Waals surface area (Å²) in [7, 11) is 0. The summed E-state index contributed by atoms with van der Waals surface area (Å²) in [6.45, 7) is -0.0948. The first-order chi connectivity index (χ1) is 35.4. The summed E-state index contributed by atoms with van der Waals surface area (Å²) in [5.41, 5.74) is 0. The molecule has 6 aliphatic rings. The van der Waals surface area contributed by atoms with E-state index in [2.05, 4.69) is 16.0 Å². The van der Waals surface area contributed by atoms with Crippen molar-refractivity contribution in [3.63, 3.8) is 0 Å². The Balaban J connectivity index is 1.18. The van der Waals surface area contributed by atoms with Crippen molar-refractivity contribution in [3.05, 3.63) is 0 Å². The summed E-state index contributed by atoms with van der Waals surface area (Å²) in [5, 5.41) is 179. The molecule has 0 aromatic rings. The van der Waals surface area contributed by atoms with Crippen LogP contribution in [0.1, 0.15) is 27.7 Å². The van der Waals surface area contributed by atoms with Crippen molar-refractivity contribution in [3.8, 4) is 0 Å². The fourth-order valence-electron chi connectivity index (χ4n) is 9.55. The van der Waals surface area contributed by atoms with E-state index in [-0.39, 0.29) is 0 Å². The van der Waals surface area contributed by atoms with E-state index in [9.17, 15) is 96.1 Å². The molecule has 0 spiro atoms. The fourth-order valence-corrected chi connectivity index (χ4v) is 9.55. The lowest BCUT2D eigenvalue weighted by molar-refractivity contribution is -0.384. The molecule has 33 nitrogen and oxygen atoms in total. The monoisotopic (exact) mass is 1100 g/mol. The SMILES string of the molecule is CC(=O)N[C@H]1[C@H](OC[C@H]2OC(O)[C@H](NC(C)=O)[C@@H](O[C@@H]3O[C@H](CO)[C@H](O[C@H]4O[C@H](CO)[C@@H](O)[C@H](O)[C@H]4NC(C)=O)[C@H](O)[C@H]3O)[C@H]2O)O[C@H](CO)[C@@H](O[C@@H]2O[C@H](CO)[C@H](O)[C@H](O)[C@H]2O[C@@H]2O[C@@H](C)[C@@H](O)[C@@H](O)[C@@H]2O)[C@@H]1O. The number of rotatable bonds is 18. The molecule has 0 saturated carbocycles. The number of hydrogen-bond acceptors (Lipinski definition) is 30. The Kier molecular flexibility index (Phi) is 21.8. The van der Waals surface area contributed by atoms with Gasteiger partial charge >= 0.3 is 0 Å². The first-order valence-electron chi connectivity index (χ1n) is 23.9. The van der Waals surface area contributed by atoms with E-state index in [1.165, 1.54) is 6.92 Å². The Morgan fingerprint density at radius 3 is 1.35 bits per heavy atom. The van der Waals surface area contributed by atoms with Crippen molar-refractivity contribution in [1.29, 1.82) is 0 Å². The first-order valence-corrected chi connectivity index (χ1v) is 23.9. The van der Waals surface area contributed by atoms with Crippen LogP contribution in [-0.4, -0.2) is 317 Å². The van der Waals surface area contributed by atoms with Gasteiger partial charge in [-0.25, -0.2) is 0 Å². The summed E-state index contributed by atoms with van der Waals surface area (Å²) >= 11 is 0. The molecule has 0 aromatic heterocycles. The van der Waals surface area contributed by atoms with Gasteiger partial charge < -0.3 is 150 Å². The van der Waals surface area contributed by atoms with Crippen LogP contribution < -0.4 is 16.0 Å². The lowest BCUT2D eigenvalue weighted by atomic mass is 9.94. The van der Waals surface area contributed by atoms with Crippen LogP contribution >= 0.6 is 0 Å². The van der Waals surface area contributed by atoms with E-state index < -0.39 is 235 Å². The van der Waals surface area contributed by atoms with Crippen LogP contribution in [0.15, 0.2) is 0 Å². The molecule has 6 heterocycles. The van der Waals surface area contributed by atoms with Crippen LogP contribution in [-0.2, 0) is 66.5 Å². The van der Waals surface area contributed by atoms with Gasteiger partial charge in [0.15, 0.2) is 37.7 Å². The molecule has 6 rings (SSSR count). The van der Waals surface area contributed by atoms with Crippen LogP contribution in [0.2, 0.25) is 0 Å². The van der Waals surface area contributed by atoms with Crippen LogP contribution in [0.4, 0.5) is 0 Å². The highest BCUT2D eigenvalue weighted by Crippen LogP contribution is 2.36. The van der Waals surface area contributed by atoms with E-state index in [1.807, 2.05) is 0 Å². The van der Waals surface area contributed by atoms with Gasteiger partial charge in [-0.3, -0.25) is 14.4 Å². The summed E-state index contributed by atoms with van der Waals surface area (Å²) in [6, 6.07) is -4.87. The molecule has 6 aliphatic heterocycles. The maximum atomic E-state index is 12.6. The van der Waals surface area contributed by atoms with E-state index in [1.54, 1.807) is 0 Å². The number of amides is 3. The molecule has 75 heavy (non-hydrogen) atoms. The molecular weight excluding hydrogens is 1030 g/mol. The quantitative estimate of drug-likeness (QED) is 0.0606. The third-order valence-electron chi connectivity index (χ3n) is 13.6. The number of hydrogen-bond donors (Lipinski definition) is 19. The Morgan fingerprint density at radius 1 is 0.373 bits per heavy atom. The minimum atomic E-state index is -2.16. The summed E-state index contributed by atoms with van der Waals surface area (Å²) in [6.07, 6.45) is -48.7. The van der Waals surface area contributed by atoms with Crippen LogP contribution in [0.25, 0.3) is 0 Å². The minimum Gasteiger partial charge on any atom is -0.394 e. The normalized spacial score (nSPS) is 48.6. The van der Waals surface area contributed by atoms with Gasteiger partial charge in [-0.1, -0.05) is 0 Å². The van der Waals surface area contributed by atoms with Gasteiger partial charge in [0.1, 0.15) is 140 Å². The van der Waals surface area contributed by atoms with Crippen molar-refractivity contribution in [2.75, 3.05) is 33.0 Å². The molecule has 19 N–H and O–H groups in total. The standard InChI is InChI=1S/C42H71N3O30/c1-10-22(53)28(59)31(62)40(66-10)75-36-29(60)24(55)15(6-47)69-42(36)73-33-16(7-48)70-38(20(27(33)58)44-12(3)51)65-9-18-25(56)35(21(37(64)67-18)45-13(4)52)74-41-32(63)30(61)34(17(8-49)71-41)72-39-19(43-11(2)50)26(57)23(54)14(5-46)68-39/h10,14-42,46-49,53-64H,5-9H2,1-4H3,(H,43,50)(H,44,51)(H,45,52)/t10-,14+,15+,16+,17+,18+,19+,20+,21+,22+,23+,24-,25-,26+,27+,28+,29-,30+,31-,32+,33+,34-,35+,36+,37?,38+,39+,40-,41-,42-/m0/s1. The average Bonchev–Trinajstić information content (AvgIpc) is 3.36. The van der Waals surface area contributed by atoms with Gasteiger partial charge in [-0.15, -0.1) is 0 Å². The molecule has 0 aliphatic carbocycles. The minimum absolute atomic E-state index is 0.720. The predicted molar refractivity (Wildman–Crippen MR) is 233 cm³/mol. The van der Waals surface area contributed by atoms with Gasteiger partial charge in [0.05, 0.1) is 39.1 Å². The van der Waals surface area contributed by atoms with Gasteiger partial charge in [0.25, 0.3) is 0 Å². The van der Waals surface area contributed by atoms with E-state index in [4.69, 9.17) is 52.1 Å². The molecule has 434 valence electrons. The summed E-state index contributed by atoms with van der Waals surface area (Å²) in [5.74, 6) is -2.31. The van der Waals surface area contributed by atoms with Crippen molar-refractivity contribution in [2.24, 2.45) is 0 Å². The summed E-state index contributed by atoms with van der Waals surface area (Å²) < 4.78 is 63.3. The zero-order valence-electron chi connectivity index (χ0n) is 40.7. The number of aliphatic hydroxyl groups is 16. The lowest BCUT2D eigenvalue weighted by Crippen LogP contribution is -2.70. The second-order valence-corrected chi connectivity index (χ2v) is 19.0. The highest BCUT2D eigenvalue weighted by molar-refractivity contribution is 5.74. The van der Waals surface area contributed by atoms with E-state index in [0.29, 0.717) is 0 Å².